The van der Waals surface area contributed by atoms with Crippen LogP contribution in [0.15, 0.2) is 36.5 Å². The third kappa shape index (κ3) is 3.27. The summed E-state index contributed by atoms with van der Waals surface area (Å²) < 4.78 is 0. The maximum Gasteiger partial charge on any atom is 0.0766 e. The summed E-state index contributed by atoms with van der Waals surface area (Å²) in [5, 5.41) is 4.55. The van der Waals surface area contributed by atoms with Crippen LogP contribution in [0.3, 0.4) is 0 Å². The Labute approximate surface area is 123 Å². The van der Waals surface area contributed by atoms with Gasteiger partial charge in [0.2, 0.25) is 0 Å². The molecule has 1 aromatic heterocycles. The van der Waals surface area contributed by atoms with E-state index < -0.39 is 0 Å². The summed E-state index contributed by atoms with van der Waals surface area (Å²) >= 11 is 12.4. The van der Waals surface area contributed by atoms with Crippen LogP contribution in [0, 0.1) is 6.92 Å². The Kier molecular flexibility index (Phi) is 4.81. The van der Waals surface area contributed by atoms with Crippen molar-refractivity contribution in [3.05, 3.63) is 63.4 Å². The lowest BCUT2D eigenvalue weighted by Crippen LogP contribution is -2.23. The number of nitrogens with zero attached hydrogens (tertiary/aromatic N) is 1. The van der Waals surface area contributed by atoms with E-state index in [0.717, 1.165) is 17.8 Å². The molecule has 0 fully saturated rings. The Balaban J connectivity index is 2.48. The molecule has 100 valence electrons. The van der Waals surface area contributed by atoms with E-state index in [0.29, 0.717) is 10.0 Å². The van der Waals surface area contributed by atoms with Gasteiger partial charge in [0.25, 0.3) is 0 Å². The van der Waals surface area contributed by atoms with Crippen LogP contribution >= 0.6 is 23.2 Å². The summed E-state index contributed by atoms with van der Waals surface area (Å²) in [6.07, 6.45) is 1.81. The topological polar surface area (TPSA) is 24.9 Å². The van der Waals surface area contributed by atoms with Crippen molar-refractivity contribution in [3.8, 4) is 0 Å². The molecule has 2 nitrogen and oxygen atoms in total. The zero-order valence-corrected chi connectivity index (χ0v) is 12.5. The average Bonchev–Trinajstić information content (AvgIpc) is 2.40. The molecule has 0 radical (unpaired) electrons. The van der Waals surface area contributed by atoms with Crippen molar-refractivity contribution in [3.63, 3.8) is 0 Å². The van der Waals surface area contributed by atoms with E-state index in [4.69, 9.17) is 23.2 Å². The third-order valence-electron chi connectivity index (χ3n) is 2.93. The molecule has 0 bridgehead atoms. The van der Waals surface area contributed by atoms with Crippen LogP contribution in [-0.4, -0.2) is 11.5 Å². The molecule has 2 rings (SSSR count). The second-order valence-corrected chi connectivity index (χ2v) is 5.18. The molecule has 1 aromatic carbocycles. The first kappa shape index (κ1) is 14.3. The molecule has 0 spiro atoms. The Hall–Kier alpha value is -1.09. The molecular formula is C15H16Cl2N2. The van der Waals surface area contributed by atoms with Crippen LogP contribution in [0.2, 0.25) is 10.0 Å². The second kappa shape index (κ2) is 6.38. The van der Waals surface area contributed by atoms with Crippen molar-refractivity contribution >= 4 is 23.2 Å². The predicted octanol–water partition coefficient (Wildman–Crippen LogP) is 4.40. The van der Waals surface area contributed by atoms with Crippen molar-refractivity contribution in [2.45, 2.75) is 19.9 Å². The molecule has 0 saturated heterocycles. The van der Waals surface area contributed by atoms with Crippen LogP contribution in [0.1, 0.15) is 29.8 Å². The maximum absolute atomic E-state index is 6.31. The van der Waals surface area contributed by atoms with E-state index in [1.54, 1.807) is 6.07 Å². The molecule has 0 aliphatic carbocycles. The van der Waals surface area contributed by atoms with Gasteiger partial charge < -0.3 is 5.32 Å². The number of aryl methyl sites for hydroxylation is 1. The van der Waals surface area contributed by atoms with E-state index in [-0.39, 0.29) is 6.04 Å². The number of halogens is 2. The zero-order valence-electron chi connectivity index (χ0n) is 11.0. The number of aromatic nitrogens is 1. The predicted molar refractivity (Wildman–Crippen MR) is 81.0 cm³/mol. The van der Waals surface area contributed by atoms with Crippen LogP contribution in [0.25, 0.3) is 0 Å². The van der Waals surface area contributed by atoms with Crippen molar-refractivity contribution < 1.29 is 0 Å². The molecule has 1 atom stereocenters. The van der Waals surface area contributed by atoms with E-state index in [1.807, 2.05) is 31.3 Å². The number of pyridine rings is 1. The lowest BCUT2D eigenvalue weighted by atomic mass is 10.0. The van der Waals surface area contributed by atoms with Crippen LogP contribution in [0.4, 0.5) is 0 Å². The second-order valence-electron chi connectivity index (χ2n) is 4.39. The van der Waals surface area contributed by atoms with E-state index in [1.165, 1.54) is 5.56 Å². The summed E-state index contributed by atoms with van der Waals surface area (Å²) in [5.74, 6) is 0. The Morgan fingerprint density at radius 2 is 2.05 bits per heavy atom. The molecule has 2 aromatic rings. The summed E-state index contributed by atoms with van der Waals surface area (Å²) in [5.41, 5.74) is 3.08. The van der Waals surface area contributed by atoms with Gasteiger partial charge >= 0.3 is 0 Å². The average molecular weight is 295 g/mol. The normalized spacial score (nSPS) is 12.4. The minimum absolute atomic E-state index is 0.0453. The number of nitrogens with one attached hydrogen (secondary N) is 1. The fourth-order valence-electron chi connectivity index (χ4n) is 2.04. The zero-order chi connectivity index (χ0) is 13.8. The number of hydrogen-bond donors (Lipinski definition) is 1. The van der Waals surface area contributed by atoms with E-state index >= 15 is 0 Å². The fourth-order valence-corrected chi connectivity index (χ4v) is 2.46. The van der Waals surface area contributed by atoms with Gasteiger partial charge in [-0.2, -0.15) is 0 Å². The molecular weight excluding hydrogens is 279 g/mol. The molecule has 0 aliphatic rings. The number of hydrogen-bond acceptors (Lipinski definition) is 2. The van der Waals surface area contributed by atoms with Crippen LogP contribution in [0.5, 0.6) is 0 Å². The molecule has 1 N–H and O–H groups in total. The molecule has 19 heavy (non-hydrogen) atoms. The van der Waals surface area contributed by atoms with Gasteiger partial charge in [-0.3, -0.25) is 4.98 Å². The van der Waals surface area contributed by atoms with Gasteiger partial charge in [-0.05, 0) is 42.8 Å². The van der Waals surface area contributed by atoms with Gasteiger partial charge in [-0.15, -0.1) is 0 Å². The minimum Gasteiger partial charge on any atom is -0.305 e. The monoisotopic (exact) mass is 294 g/mol. The maximum atomic E-state index is 6.31. The van der Waals surface area contributed by atoms with Crippen molar-refractivity contribution in [1.82, 2.24) is 10.3 Å². The number of rotatable bonds is 4. The lowest BCUT2D eigenvalue weighted by Gasteiger charge is -2.20. The standard InChI is InChI=1S/C15H16Cl2N2/c1-3-18-15(13-9-10(2)7-8-19-13)11-5-4-6-12(16)14(11)17/h4-9,15,18H,3H2,1-2H3. The van der Waals surface area contributed by atoms with E-state index in [2.05, 4.69) is 23.3 Å². The molecule has 0 amide bonds. The van der Waals surface area contributed by atoms with Crippen molar-refractivity contribution in [2.24, 2.45) is 0 Å². The first-order valence-electron chi connectivity index (χ1n) is 6.23. The largest absolute Gasteiger partial charge is 0.305 e. The Morgan fingerprint density at radius 3 is 2.74 bits per heavy atom. The quantitative estimate of drug-likeness (QED) is 0.904. The third-order valence-corrected chi connectivity index (χ3v) is 3.77. The Bertz CT molecular complexity index is 570. The summed E-state index contributed by atoms with van der Waals surface area (Å²) in [7, 11) is 0. The van der Waals surface area contributed by atoms with Gasteiger partial charge in [-0.1, -0.05) is 42.3 Å². The van der Waals surface area contributed by atoms with Gasteiger partial charge in [-0.25, -0.2) is 0 Å². The molecule has 1 heterocycles. The van der Waals surface area contributed by atoms with Crippen LogP contribution < -0.4 is 5.32 Å². The van der Waals surface area contributed by atoms with E-state index in [9.17, 15) is 0 Å². The molecule has 0 saturated carbocycles. The molecule has 0 aliphatic heterocycles. The first-order chi connectivity index (χ1) is 9.13. The highest BCUT2D eigenvalue weighted by Gasteiger charge is 2.18. The van der Waals surface area contributed by atoms with Gasteiger partial charge in [0.05, 0.1) is 21.8 Å². The smallest absolute Gasteiger partial charge is 0.0766 e. The lowest BCUT2D eigenvalue weighted by molar-refractivity contribution is 0.615. The highest BCUT2D eigenvalue weighted by atomic mass is 35.5. The SMILES string of the molecule is CCNC(c1cc(C)ccn1)c1cccc(Cl)c1Cl. The molecule has 4 heteroatoms. The minimum atomic E-state index is -0.0453. The highest BCUT2D eigenvalue weighted by molar-refractivity contribution is 6.42. The molecule has 1 unspecified atom stereocenters. The van der Waals surface area contributed by atoms with Gasteiger partial charge in [0.15, 0.2) is 0 Å². The number of benzene rings is 1. The summed E-state index contributed by atoms with van der Waals surface area (Å²) in [6, 6.07) is 9.67. The fraction of sp³-hybridized carbons (Fsp3) is 0.267. The summed E-state index contributed by atoms with van der Waals surface area (Å²) in [4.78, 5) is 4.44. The van der Waals surface area contributed by atoms with Crippen molar-refractivity contribution in [2.75, 3.05) is 6.54 Å². The highest BCUT2D eigenvalue weighted by Crippen LogP contribution is 2.32. The van der Waals surface area contributed by atoms with Gasteiger partial charge in [0, 0.05) is 6.20 Å². The summed E-state index contributed by atoms with van der Waals surface area (Å²) in [6.45, 7) is 4.93. The first-order valence-corrected chi connectivity index (χ1v) is 6.99. The van der Waals surface area contributed by atoms with Gasteiger partial charge in [0.1, 0.15) is 0 Å². The Morgan fingerprint density at radius 1 is 1.26 bits per heavy atom. The van der Waals surface area contributed by atoms with Crippen LogP contribution in [-0.2, 0) is 0 Å². The van der Waals surface area contributed by atoms with Crippen molar-refractivity contribution in [1.29, 1.82) is 0 Å².